The van der Waals surface area contributed by atoms with E-state index in [2.05, 4.69) is 35.2 Å². The molecule has 3 nitrogen and oxygen atoms in total. The van der Waals surface area contributed by atoms with E-state index in [1.165, 1.54) is 17.3 Å². The first-order chi connectivity index (χ1) is 9.94. The lowest BCUT2D eigenvalue weighted by Crippen LogP contribution is -2.21. The van der Waals surface area contributed by atoms with E-state index in [0.717, 1.165) is 33.0 Å². The molecular formula is C16H20ClN3S. The minimum Gasteiger partial charge on any atom is -0.310 e. The van der Waals surface area contributed by atoms with Gasteiger partial charge in [-0.1, -0.05) is 31.5 Å². The van der Waals surface area contributed by atoms with Gasteiger partial charge in [-0.3, -0.25) is 0 Å². The molecule has 1 aromatic carbocycles. The van der Waals surface area contributed by atoms with Crippen molar-refractivity contribution in [2.75, 3.05) is 0 Å². The zero-order chi connectivity index (χ0) is 15.4. The van der Waals surface area contributed by atoms with Gasteiger partial charge in [0.2, 0.25) is 0 Å². The standard InChI is InChI=1S/C16H20ClN3S/c1-10(2)18-9-13-5-6-15(14(17)8-13)21-16-19-11(3)7-12(4)20-16/h5-8,10,18H,9H2,1-4H3. The second-order valence-electron chi connectivity index (χ2n) is 5.34. The summed E-state index contributed by atoms with van der Waals surface area (Å²) >= 11 is 7.87. The summed E-state index contributed by atoms with van der Waals surface area (Å²) in [6.07, 6.45) is 0. The fourth-order valence-corrected chi connectivity index (χ4v) is 3.08. The average molecular weight is 322 g/mol. The Morgan fingerprint density at radius 2 is 1.81 bits per heavy atom. The minimum absolute atomic E-state index is 0.460. The normalized spacial score (nSPS) is 11.1. The SMILES string of the molecule is Cc1cc(C)nc(Sc2ccc(CNC(C)C)cc2Cl)n1. The minimum atomic E-state index is 0.460. The molecule has 0 saturated heterocycles. The quantitative estimate of drug-likeness (QED) is 0.828. The van der Waals surface area contributed by atoms with E-state index in [0.29, 0.717) is 6.04 Å². The van der Waals surface area contributed by atoms with E-state index in [-0.39, 0.29) is 0 Å². The molecule has 0 atom stereocenters. The van der Waals surface area contributed by atoms with Gasteiger partial charge in [0.05, 0.1) is 5.02 Å². The maximum atomic E-state index is 6.37. The topological polar surface area (TPSA) is 37.8 Å². The number of hydrogen-bond acceptors (Lipinski definition) is 4. The van der Waals surface area contributed by atoms with Crippen molar-refractivity contribution < 1.29 is 0 Å². The van der Waals surface area contributed by atoms with Crippen molar-refractivity contribution in [2.24, 2.45) is 0 Å². The van der Waals surface area contributed by atoms with Crippen molar-refractivity contribution in [2.45, 2.75) is 50.3 Å². The van der Waals surface area contributed by atoms with Gasteiger partial charge in [0, 0.05) is 28.9 Å². The van der Waals surface area contributed by atoms with E-state index in [1.807, 2.05) is 32.0 Å². The van der Waals surface area contributed by atoms with Crippen molar-refractivity contribution in [3.05, 3.63) is 46.2 Å². The van der Waals surface area contributed by atoms with Crippen molar-refractivity contribution in [3.8, 4) is 0 Å². The molecule has 21 heavy (non-hydrogen) atoms. The average Bonchev–Trinajstić information content (AvgIpc) is 2.38. The van der Waals surface area contributed by atoms with Crippen LogP contribution < -0.4 is 5.32 Å². The Balaban J connectivity index is 2.13. The summed E-state index contributed by atoms with van der Waals surface area (Å²) in [5.41, 5.74) is 3.12. The monoisotopic (exact) mass is 321 g/mol. The van der Waals surface area contributed by atoms with E-state index in [9.17, 15) is 0 Å². The molecule has 0 fully saturated rings. The second-order valence-corrected chi connectivity index (χ2v) is 6.75. The molecule has 5 heteroatoms. The smallest absolute Gasteiger partial charge is 0.192 e. The number of hydrogen-bond donors (Lipinski definition) is 1. The van der Waals surface area contributed by atoms with Gasteiger partial charge in [0.15, 0.2) is 5.16 Å². The molecule has 0 saturated carbocycles. The highest BCUT2D eigenvalue weighted by Gasteiger charge is 2.07. The molecule has 0 amide bonds. The zero-order valence-electron chi connectivity index (χ0n) is 12.8. The predicted octanol–water partition coefficient (Wildman–Crippen LogP) is 4.40. The van der Waals surface area contributed by atoms with Crippen LogP contribution in [0, 0.1) is 13.8 Å². The van der Waals surface area contributed by atoms with Crippen LogP contribution in [0.25, 0.3) is 0 Å². The lowest BCUT2D eigenvalue weighted by atomic mass is 10.2. The van der Waals surface area contributed by atoms with Crippen LogP contribution in [-0.2, 0) is 6.54 Å². The highest BCUT2D eigenvalue weighted by molar-refractivity contribution is 7.99. The van der Waals surface area contributed by atoms with Crippen molar-refractivity contribution in [3.63, 3.8) is 0 Å². The van der Waals surface area contributed by atoms with Crippen molar-refractivity contribution >= 4 is 23.4 Å². The van der Waals surface area contributed by atoms with Crippen LogP contribution in [0.15, 0.2) is 34.3 Å². The molecule has 0 spiro atoms. The molecule has 0 unspecified atom stereocenters. The summed E-state index contributed by atoms with van der Waals surface area (Å²) in [5, 5.41) is 4.86. The molecule has 0 bridgehead atoms. The van der Waals surface area contributed by atoms with Gasteiger partial charge in [0.25, 0.3) is 0 Å². The number of nitrogens with zero attached hydrogens (tertiary/aromatic N) is 2. The largest absolute Gasteiger partial charge is 0.310 e. The second kappa shape index (κ2) is 7.25. The van der Waals surface area contributed by atoms with Crippen LogP contribution in [0.5, 0.6) is 0 Å². The fraction of sp³-hybridized carbons (Fsp3) is 0.375. The molecule has 2 aromatic rings. The molecule has 2 rings (SSSR count). The number of benzene rings is 1. The maximum absolute atomic E-state index is 6.37. The summed E-state index contributed by atoms with van der Waals surface area (Å²) in [6, 6.07) is 8.55. The highest BCUT2D eigenvalue weighted by Crippen LogP contribution is 2.32. The lowest BCUT2D eigenvalue weighted by Gasteiger charge is -2.10. The van der Waals surface area contributed by atoms with Gasteiger partial charge in [-0.2, -0.15) is 0 Å². The fourth-order valence-electron chi connectivity index (χ4n) is 1.90. The van der Waals surface area contributed by atoms with Crippen LogP contribution in [0.2, 0.25) is 5.02 Å². The third kappa shape index (κ3) is 4.99. The first kappa shape index (κ1) is 16.3. The van der Waals surface area contributed by atoms with Gasteiger partial charge < -0.3 is 5.32 Å². The first-order valence-corrected chi connectivity index (χ1v) is 8.15. The molecule has 0 aliphatic rings. The summed E-state index contributed by atoms with van der Waals surface area (Å²) in [7, 11) is 0. The Kier molecular flexibility index (Phi) is 5.62. The molecule has 1 aromatic heterocycles. The van der Waals surface area contributed by atoms with Gasteiger partial charge in [-0.25, -0.2) is 9.97 Å². The third-order valence-corrected chi connectivity index (χ3v) is 4.24. The number of nitrogens with one attached hydrogen (secondary N) is 1. The molecule has 1 heterocycles. The maximum Gasteiger partial charge on any atom is 0.192 e. The van der Waals surface area contributed by atoms with E-state index >= 15 is 0 Å². The van der Waals surface area contributed by atoms with Gasteiger partial charge in [-0.05, 0) is 49.4 Å². The molecule has 112 valence electrons. The molecular weight excluding hydrogens is 302 g/mol. The third-order valence-electron chi connectivity index (χ3n) is 2.87. The summed E-state index contributed by atoms with van der Waals surface area (Å²) in [6.45, 7) is 9.02. The van der Waals surface area contributed by atoms with E-state index in [1.54, 1.807) is 0 Å². The van der Waals surface area contributed by atoms with Crippen LogP contribution in [0.3, 0.4) is 0 Å². The van der Waals surface area contributed by atoms with Crippen molar-refractivity contribution in [1.82, 2.24) is 15.3 Å². The summed E-state index contributed by atoms with van der Waals surface area (Å²) in [5.74, 6) is 0. The number of rotatable bonds is 5. The van der Waals surface area contributed by atoms with Crippen LogP contribution >= 0.6 is 23.4 Å². The van der Waals surface area contributed by atoms with Gasteiger partial charge >= 0.3 is 0 Å². The zero-order valence-corrected chi connectivity index (χ0v) is 14.3. The number of aromatic nitrogens is 2. The Bertz CT molecular complexity index is 609. The Morgan fingerprint density at radius 1 is 1.14 bits per heavy atom. The summed E-state index contributed by atoms with van der Waals surface area (Å²) in [4.78, 5) is 9.85. The molecule has 0 radical (unpaired) electrons. The predicted molar refractivity (Wildman–Crippen MR) is 89.1 cm³/mol. The first-order valence-electron chi connectivity index (χ1n) is 6.96. The van der Waals surface area contributed by atoms with Gasteiger partial charge in [-0.15, -0.1) is 0 Å². The molecule has 1 N–H and O–H groups in total. The lowest BCUT2D eigenvalue weighted by molar-refractivity contribution is 0.588. The highest BCUT2D eigenvalue weighted by atomic mass is 35.5. The molecule has 0 aliphatic carbocycles. The Hall–Kier alpha value is -1.10. The number of halogens is 1. The van der Waals surface area contributed by atoms with Gasteiger partial charge in [0.1, 0.15) is 0 Å². The summed E-state index contributed by atoms with van der Waals surface area (Å²) < 4.78 is 0. The van der Waals surface area contributed by atoms with E-state index < -0.39 is 0 Å². The van der Waals surface area contributed by atoms with E-state index in [4.69, 9.17) is 11.6 Å². The van der Waals surface area contributed by atoms with Crippen LogP contribution in [0.4, 0.5) is 0 Å². The molecule has 0 aliphatic heterocycles. The van der Waals surface area contributed by atoms with Crippen molar-refractivity contribution in [1.29, 1.82) is 0 Å². The Labute approximate surface area is 135 Å². The van der Waals surface area contributed by atoms with Crippen LogP contribution in [-0.4, -0.2) is 16.0 Å². The van der Waals surface area contributed by atoms with Crippen LogP contribution in [0.1, 0.15) is 30.8 Å². The Morgan fingerprint density at radius 3 is 2.38 bits per heavy atom. The number of aryl methyl sites for hydroxylation is 2.